The first kappa shape index (κ1) is 21.8. The highest BCUT2D eigenvalue weighted by molar-refractivity contribution is 5.76. The second-order valence-corrected chi connectivity index (χ2v) is 8.71. The molecule has 2 aliphatic rings. The number of aryl methyl sites for hydroxylation is 2. The molecule has 1 N–H and O–H groups in total. The largest absolute Gasteiger partial charge is 0.481 e. The summed E-state index contributed by atoms with van der Waals surface area (Å²) >= 11 is 0. The molecule has 1 aromatic carbocycles. The van der Waals surface area contributed by atoms with Crippen molar-refractivity contribution in [2.24, 2.45) is 5.92 Å². The number of carboxylic acids is 1. The Bertz CT molecular complexity index is 683. The molecule has 2 atom stereocenters. The maximum absolute atomic E-state index is 12.8. The van der Waals surface area contributed by atoms with E-state index in [9.17, 15) is 14.7 Å². The molecule has 6 nitrogen and oxygen atoms in total. The molecule has 0 aliphatic carbocycles. The van der Waals surface area contributed by atoms with Crippen LogP contribution >= 0.6 is 0 Å². The summed E-state index contributed by atoms with van der Waals surface area (Å²) in [6.07, 6.45) is 3.06. The molecule has 3 rings (SSSR count). The number of carbonyl (C=O) groups excluding carboxylic acids is 1. The zero-order valence-corrected chi connectivity index (χ0v) is 17.8. The van der Waals surface area contributed by atoms with Crippen LogP contribution < -0.4 is 0 Å². The van der Waals surface area contributed by atoms with Crippen molar-refractivity contribution in [3.63, 3.8) is 0 Å². The smallest absolute Gasteiger partial charge is 0.303 e. The van der Waals surface area contributed by atoms with Gasteiger partial charge < -0.3 is 14.9 Å². The summed E-state index contributed by atoms with van der Waals surface area (Å²) in [4.78, 5) is 30.9. The highest BCUT2D eigenvalue weighted by Crippen LogP contribution is 2.27. The highest BCUT2D eigenvalue weighted by atomic mass is 16.4. The van der Waals surface area contributed by atoms with Crippen molar-refractivity contribution < 1.29 is 14.7 Å². The van der Waals surface area contributed by atoms with Gasteiger partial charge in [0, 0.05) is 58.2 Å². The Balaban J connectivity index is 1.57. The van der Waals surface area contributed by atoms with Crippen LogP contribution in [0.4, 0.5) is 0 Å². The second-order valence-electron chi connectivity index (χ2n) is 8.71. The monoisotopic (exact) mass is 401 g/mol. The molecule has 29 heavy (non-hydrogen) atoms. The number of piperazine rings is 1. The van der Waals surface area contributed by atoms with Gasteiger partial charge in [0.2, 0.25) is 5.91 Å². The van der Waals surface area contributed by atoms with Crippen molar-refractivity contribution in [3.8, 4) is 0 Å². The lowest BCUT2D eigenvalue weighted by molar-refractivity contribution is -0.138. The van der Waals surface area contributed by atoms with E-state index < -0.39 is 5.97 Å². The molecule has 1 amide bonds. The van der Waals surface area contributed by atoms with E-state index in [2.05, 4.69) is 48.0 Å². The van der Waals surface area contributed by atoms with Gasteiger partial charge in [-0.3, -0.25) is 14.5 Å². The molecule has 0 saturated carbocycles. The zero-order chi connectivity index (χ0) is 20.8. The predicted molar refractivity (Wildman–Crippen MR) is 114 cm³/mol. The van der Waals surface area contributed by atoms with Crippen LogP contribution in [-0.4, -0.2) is 84.0 Å². The Hall–Kier alpha value is -1.92. The van der Waals surface area contributed by atoms with Crippen LogP contribution in [0, 0.1) is 12.8 Å². The van der Waals surface area contributed by atoms with E-state index in [-0.39, 0.29) is 18.2 Å². The first-order valence-corrected chi connectivity index (χ1v) is 10.9. The Labute approximate surface area is 174 Å². The third kappa shape index (κ3) is 6.28. The summed E-state index contributed by atoms with van der Waals surface area (Å²) in [7, 11) is 2.15. The topological polar surface area (TPSA) is 64.1 Å². The molecule has 2 saturated heterocycles. The van der Waals surface area contributed by atoms with Gasteiger partial charge >= 0.3 is 5.97 Å². The van der Waals surface area contributed by atoms with E-state index >= 15 is 0 Å². The number of hydrogen-bond acceptors (Lipinski definition) is 4. The Morgan fingerprint density at radius 2 is 1.72 bits per heavy atom. The summed E-state index contributed by atoms with van der Waals surface area (Å²) in [5.74, 6) is -0.306. The van der Waals surface area contributed by atoms with Crippen molar-refractivity contribution in [3.05, 3.63) is 35.4 Å². The second kappa shape index (κ2) is 10.2. The number of benzene rings is 1. The highest BCUT2D eigenvalue weighted by Gasteiger charge is 2.35. The van der Waals surface area contributed by atoms with Crippen LogP contribution in [0.3, 0.4) is 0 Å². The van der Waals surface area contributed by atoms with Crippen LogP contribution in [0.2, 0.25) is 0 Å². The van der Waals surface area contributed by atoms with Gasteiger partial charge in [-0.25, -0.2) is 0 Å². The fraction of sp³-hybridized carbons (Fsp3) is 0.652. The predicted octanol–water partition coefficient (Wildman–Crippen LogP) is 2.26. The third-order valence-electron chi connectivity index (χ3n) is 6.53. The van der Waals surface area contributed by atoms with E-state index in [0.717, 1.165) is 45.6 Å². The minimum Gasteiger partial charge on any atom is -0.481 e. The lowest BCUT2D eigenvalue weighted by Gasteiger charge is -2.46. The molecule has 160 valence electrons. The molecule has 6 heteroatoms. The number of rotatable bonds is 7. The Morgan fingerprint density at radius 1 is 1.03 bits per heavy atom. The molecule has 2 fully saturated rings. The number of aliphatic carboxylic acids is 1. The van der Waals surface area contributed by atoms with Crippen LogP contribution in [0.5, 0.6) is 0 Å². The molecule has 0 aromatic heterocycles. The average molecular weight is 402 g/mol. The molecule has 1 aromatic rings. The van der Waals surface area contributed by atoms with E-state index in [1.165, 1.54) is 11.1 Å². The van der Waals surface area contributed by atoms with Gasteiger partial charge in [0.15, 0.2) is 0 Å². The number of carbonyl (C=O) groups is 2. The van der Waals surface area contributed by atoms with E-state index in [4.69, 9.17) is 0 Å². The summed E-state index contributed by atoms with van der Waals surface area (Å²) < 4.78 is 0. The van der Waals surface area contributed by atoms with Gasteiger partial charge in [-0.05, 0) is 44.7 Å². The molecule has 0 spiro atoms. The number of nitrogens with zero attached hydrogens (tertiary/aromatic N) is 3. The van der Waals surface area contributed by atoms with Gasteiger partial charge in [0.05, 0.1) is 0 Å². The van der Waals surface area contributed by atoms with Crippen molar-refractivity contribution in [1.29, 1.82) is 0 Å². The van der Waals surface area contributed by atoms with Crippen LogP contribution in [0.25, 0.3) is 0 Å². The summed E-state index contributed by atoms with van der Waals surface area (Å²) in [5, 5.41) is 9.18. The minimum absolute atomic E-state index is 0.181. The van der Waals surface area contributed by atoms with Crippen LogP contribution in [0.1, 0.15) is 36.8 Å². The number of hydrogen-bond donors (Lipinski definition) is 1. The maximum atomic E-state index is 12.8. The molecule has 0 radical (unpaired) electrons. The van der Waals surface area contributed by atoms with Crippen molar-refractivity contribution in [1.82, 2.24) is 14.7 Å². The normalized spacial score (nSPS) is 23.9. The van der Waals surface area contributed by atoms with E-state index in [1.807, 2.05) is 4.90 Å². The Kier molecular flexibility index (Phi) is 7.67. The zero-order valence-electron chi connectivity index (χ0n) is 17.8. The maximum Gasteiger partial charge on any atom is 0.303 e. The fourth-order valence-electron chi connectivity index (χ4n) is 4.64. The SMILES string of the molecule is Cc1ccc(CCC(=O)N2CC[C@@H](N3CCN(C)CC3)[C@@H](CCC(=O)O)C2)cc1. The number of likely N-dealkylation sites (tertiary alicyclic amines) is 1. The van der Waals surface area contributed by atoms with Crippen molar-refractivity contribution in [2.45, 2.75) is 45.1 Å². The van der Waals surface area contributed by atoms with Gasteiger partial charge in [-0.2, -0.15) is 0 Å². The average Bonchev–Trinajstić information content (AvgIpc) is 2.72. The first-order valence-electron chi connectivity index (χ1n) is 10.9. The molecule has 2 aliphatic heterocycles. The molecular formula is C23H35N3O3. The summed E-state index contributed by atoms with van der Waals surface area (Å²) in [6.45, 7) is 7.72. The summed E-state index contributed by atoms with van der Waals surface area (Å²) in [5.41, 5.74) is 2.42. The number of carboxylic acid groups (broad SMARTS) is 1. The third-order valence-corrected chi connectivity index (χ3v) is 6.53. The molecule has 0 bridgehead atoms. The fourth-order valence-corrected chi connectivity index (χ4v) is 4.64. The number of piperidine rings is 1. The van der Waals surface area contributed by atoms with Crippen LogP contribution in [-0.2, 0) is 16.0 Å². The van der Waals surface area contributed by atoms with Crippen LogP contribution in [0.15, 0.2) is 24.3 Å². The van der Waals surface area contributed by atoms with Gasteiger partial charge in [-0.1, -0.05) is 29.8 Å². The van der Waals surface area contributed by atoms with E-state index in [0.29, 0.717) is 25.4 Å². The van der Waals surface area contributed by atoms with Gasteiger partial charge in [0.1, 0.15) is 0 Å². The molecular weight excluding hydrogens is 366 g/mol. The lowest BCUT2D eigenvalue weighted by Crippen LogP contribution is -2.57. The van der Waals surface area contributed by atoms with Crippen molar-refractivity contribution in [2.75, 3.05) is 46.3 Å². The summed E-state index contributed by atoms with van der Waals surface area (Å²) in [6, 6.07) is 8.76. The number of amides is 1. The molecule has 2 heterocycles. The van der Waals surface area contributed by atoms with Gasteiger partial charge in [0.25, 0.3) is 0 Å². The van der Waals surface area contributed by atoms with Crippen molar-refractivity contribution >= 4 is 11.9 Å². The lowest BCUT2D eigenvalue weighted by atomic mass is 9.86. The quantitative estimate of drug-likeness (QED) is 0.759. The van der Waals surface area contributed by atoms with E-state index in [1.54, 1.807) is 0 Å². The first-order chi connectivity index (χ1) is 13.9. The number of likely N-dealkylation sites (N-methyl/N-ethyl adjacent to an activating group) is 1. The molecule has 0 unspecified atom stereocenters. The minimum atomic E-state index is -0.745. The Morgan fingerprint density at radius 3 is 2.38 bits per heavy atom. The standard InChI is InChI=1S/C23H35N3O3/c1-18-3-5-19(6-4-18)7-9-22(27)26-12-11-21(20(17-26)8-10-23(28)29)25-15-13-24(2)14-16-25/h3-6,20-21H,7-17H2,1-2H3,(H,28,29)/t20-,21+/m0/s1. The van der Waals surface area contributed by atoms with Gasteiger partial charge in [-0.15, -0.1) is 0 Å².